The van der Waals surface area contributed by atoms with E-state index in [1.807, 2.05) is 0 Å². The van der Waals surface area contributed by atoms with E-state index >= 15 is 0 Å². The standard InChI is InChI=1S/C8H12N2S/c1-5-4-6(7(9)11-5)8(10)2-3-8/h4H,2-3,9-10H2,1H3. The van der Waals surface area contributed by atoms with Gasteiger partial charge in [0.2, 0.25) is 0 Å². The number of thiophene rings is 1. The highest BCUT2D eigenvalue weighted by Crippen LogP contribution is 2.47. The Balaban J connectivity index is 2.44. The Bertz CT molecular complexity index is 286. The van der Waals surface area contributed by atoms with E-state index in [1.165, 1.54) is 10.4 Å². The molecule has 0 atom stereocenters. The lowest BCUT2D eigenvalue weighted by molar-refractivity contribution is 0.746. The second kappa shape index (κ2) is 1.99. The van der Waals surface area contributed by atoms with Gasteiger partial charge in [0.05, 0.1) is 5.00 Å². The molecule has 0 aromatic carbocycles. The first-order valence-corrected chi connectivity index (χ1v) is 4.59. The van der Waals surface area contributed by atoms with Crippen molar-refractivity contribution in [3.05, 3.63) is 16.5 Å². The largest absolute Gasteiger partial charge is 0.390 e. The van der Waals surface area contributed by atoms with Crippen molar-refractivity contribution in [3.8, 4) is 0 Å². The fourth-order valence-corrected chi connectivity index (χ4v) is 2.22. The van der Waals surface area contributed by atoms with Crippen LogP contribution in [-0.4, -0.2) is 0 Å². The predicted octanol–water partition coefficient (Wildman–Crippen LogP) is 1.59. The van der Waals surface area contributed by atoms with Gasteiger partial charge in [0.1, 0.15) is 0 Å². The van der Waals surface area contributed by atoms with Crippen molar-refractivity contribution in [2.24, 2.45) is 5.73 Å². The highest BCUT2D eigenvalue weighted by molar-refractivity contribution is 7.16. The van der Waals surface area contributed by atoms with Crippen molar-refractivity contribution in [3.63, 3.8) is 0 Å². The molecule has 1 saturated carbocycles. The van der Waals surface area contributed by atoms with Crippen molar-refractivity contribution in [2.45, 2.75) is 25.3 Å². The number of aryl methyl sites for hydroxylation is 1. The number of hydrogen-bond acceptors (Lipinski definition) is 3. The van der Waals surface area contributed by atoms with Crippen molar-refractivity contribution in [1.82, 2.24) is 0 Å². The summed E-state index contributed by atoms with van der Waals surface area (Å²) < 4.78 is 0. The molecule has 1 aromatic heterocycles. The molecule has 1 heterocycles. The molecule has 2 rings (SSSR count). The molecular weight excluding hydrogens is 156 g/mol. The van der Waals surface area contributed by atoms with Crippen LogP contribution in [0.5, 0.6) is 0 Å². The van der Waals surface area contributed by atoms with Crippen LogP contribution in [-0.2, 0) is 5.54 Å². The first-order chi connectivity index (χ1) is 5.12. The summed E-state index contributed by atoms with van der Waals surface area (Å²) in [7, 11) is 0. The third-order valence-corrected chi connectivity index (χ3v) is 3.09. The van der Waals surface area contributed by atoms with Gasteiger partial charge in [-0.1, -0.05) is 0 Å². The number of rotatable bonds is 1. The second-order valence-corrected chi connectivity index (χ2v) is 4.58. The number of anilines is 1. The molecule has 1 aromatic rings. The van der Waals surface area contributed by atoms with Crippen LogP contribution in [0.3, 0.4) is 0 Å². The van der Waals surface area contributed by atoms with Crippen LogP contribution in [0.2, 0.25) is 0 Å². The topological polar surface area (TPSA) is 52.0 Å². The molecule has 0 radical (unpaired) electrons. The summed E-state index contributed by atoms with van der Waals surface area (Å²) in [5.74, 6) is 0. The van der Waals surface area contributed by atoms with Crippen molar-refractivity contribution < 1.29 is 0 Å². The fourth-order valence-electron chi connectivity index (χ4n) is 1.33. The fraction of sp³-hybridized carbons (Fsp3) is 0.500. The van der Waals surface area contributed by atoms with Crippen LogP contribution < -0.4 is 11.5 Å². The summed E-state index contributed by atoms with van der Waals surface area (Å²) in [5, 5.41) is 0.905. The summed E-state index contributed by atoms with van der Waals surface area (Å²) >= 11 is 1.63. The molecule has 1 aliphatic carbocycles. The maximum atomic E-state index is 6.01. The Hall–Kier alpha value is -0.540. The Morgan fingerprint density at radius 3 is 2.55 bits per heavy atom. The molecule has 3 heteroatoms. The molecule has 1 fully saturated rings. The van der Waals surface area contributed by atoms with Crippen LogP contribution in [0.4, 0.5) is 5.00 Å². The minimum atomic E-state index is -0.0607. The highest BCUT2D eigenvalue weighted by Gasteiger charge is 2.42. The zero-order valence-electron chi connectivity index (χ0n) is 6.55. The molecule has 11 heavy (non-hydrogen) atoms. The minimum Gasteiger partial charge on any atom is -0.390 e. The van der Waals surface area contributed by atoms with E-state index in [1.54, 1.807) is 11.3 Å². The van der Waals surface area contributed by atoms with Gasteiger partial charge in [-0.2, -0.15) is 0 Å². The van der Waals surface area contributed by atoms with Gasteiger partial charge in [-0.25, -0.2) is 0 Å². The summed E-state index contributed by atoms with van der Waals surface area (Å²) in [5.41, 5.74) is 12.9. The first-order valence-electron chi connectivity index (χ1n) is 3.77. The van der Waals surface area contributed by atoms with E-state index in [0.29, 0.717) is 0 Å². The number of nitrogen functional groups attached to an aromatic ring is 1. The average Bonchev–Trinajstić information content (AvgIpc) is 2.55. The van der Waals surface area contributed by atoms with Gasteiger partial charge in [0, 0.05) is 16.0 Å². The lowest BCUT2D eigenvalue weighted by Crippen LogP contribution is -2.18. The predicted molar refractivity (Wildman–Crippen MR) is 48.6 cm³/mol. The Kier molecular flexibility index (Phi) is 1.29. The quantitative estimate of drug-likeness (QED) is 0.669. The number of hydrogen-bond donors (Lipinski definition) is 2. The van der Waals surface area contributed by atoms with Gasteiger partial charge in [-0.05, 0) is 25.8 Å². The maximum Gasteiger partial charge on any atom is 0.0910 e. The smallest absolute Gasteiger partial charge is 0.0910 e. The van der Waals surface area contributed by atoms with Crippen molar-refractivity contribution in [1.29, 1.82) is 0 Å². The lowest BCUT2D eigenvalue weighted by atomic mass is 10.1. The Morgan fingerprint density at radius 1 is 1.55 bits per heavy atom. The van der Waals surface area contributed by atoms with Crippen LogP contribution in [0.25, 0.3) is 0 Å². The van der Waals surface area contributed by atoms with Crippen LogP contribution in [0.15, 0.2) is 6.07 Å². The van der Waals surface area contributed by atoms with Crippen LogP contribution in [0, 0.1) is 6.92 Å². The first kappa shape index (κ1) is 7.13. The third-order valence-electron chi connectivity index (χ3n) is 2.21. The normalized spacial score (nSPS) is 20.2. The van der Waals surface area contributed by atoms with E-state index in [2.05, 4.69) is 13.0 Å². The molecular formula is C8H12N2S. The summed E-state index contributed by atoms with van der Waals surface area (Å²) in [6, 6.07) is 2.12. The molecule has 0 saturated heterocycles. The van der Waals surface area contributed by atoms with Crippen LogP contribution >= 0.6 is 11.3 Å². The molecule has 0 aliphatic heterocycles. The maximum absolute atomic E-state index is 6.01. The van der Waals surface area contributed by atoms with Gasteiger partial charge >= 0.3 is 0 Å². The average molecular weight is 168 g/mol. The highest BCUT2D eigenvalue weighted by atomic mass is 32.1. The minimum absolute atomic E-state index is 0.0607. The van der Waals surface area contributed by atoms with E-state index in [9.17, 15) is 0 Å². The van der Waals surface area contributed by atoms with E-state index in [4.69, 9.17) is 11.5 Å². The molecule has 1 aliphatic rings. The lowest BCUT2D eigenvalue weighted by Gasteiger charge is -2.05. The molecule has 2 nitrogen and oxygen atoms in total. The molecule has 60 valence electrons. The van der Waals surface area contributed by atoms with Crippen LogP contribution in [0.1, 0.15) is 23.3 Å². The zero-order valence-corrected chi connectivity index (χ0v) is 7.37. The Morgan fingerprint density at radius 2 is 2.18 bits per heavy atom. The van der Waals surface area contributed by atoms with Crippen molar-refractivity contribution >= 4 is 16.3 Å². The van der Waals surface area contributed by atoms with Crippen molar-refractivity contribution in [2.75, 3.05) is 5.73 Å². The van der Waals surface area contributed by atoms with Gasteiger partial charge in [-0.15, -0.1) is 11.3 Å². The summed E-state index contributed by atoms with van der Waals surface area (Å²) in [4.78, 5) is 1.26. The van der Waals surface area contributed by atoms with Gasteiger partial charge < -0.3 is 11.5 Å². The van der Waals surface area contributed by atoms with E-state index in [-0.39, 0.29) is 5.54 Å². The number of nitrogens with two attached hydrogens (primary N) is 2. The third kappa shape index (κ3) is 1.04. The molecule has 0 unspecified atom stereocenters. The van der Waals surface area contributed by atoms with Gasteiger partial charge in [0.25, 0.3) is 0 Å². The molecule has 0 amide bonds. The van der Waals surface area contributed by atoms with Gasteiger partial charge in [-0.3, -0.25) is 0 Å². The SMILES string of the molecule is Cc1cc(C2(N)CC2)c(N)s1. The zero-order chi connectivity index (χ0) is 8.06. The summed E-state index contributed by atoms with van der Waals surface area (Å²) in [6.07, 6.45) is 2.18. The van der Waals surface area contributed by atoms with Gasteiger partial charge in [0.15, 0.2) is 0 Å². The Labute approximate surface area is 70.2 Å². The monoisotopic (exact) mass is 168 g/mol. The second-order valence-electron chi connectivity index (χ2n) is 3.29. The summed E-state index contributed by atoms with van der Waals surface area (Å²) in [6.45, 7) is 2.07. The van der Waals surface area contributed by atoms with E-state index < -0.39 is 0 Å². The molecule has 0 spiro atoms. The van der Waals surface area contributed by atoms with E-state index in [0.717, 1.165) is 17.8 Å². The molecule has 4 N–H and O–H groups in total. The molecule has 0 bridgehead atoms.